The molecule has 0 fully saturated rings. The minimum atomic E-state index is -0.984. The number of aliphatic hydroxyl groups is 1. The third-order valence-electron chi connectivity index (χ3n) is 3.10. The lowest BCUT2D eigenvalue weighted by Crippen LogP contribution is -2.27. The van der Waals surface area contributed by atoms with Gasteiger partial charge in [-0.05, 0) is 39.3 Å². The molecule has 0 atom stereocenters. The summed E-state index contributed by atoms with van der Waals surface area (Å²) < 4.78 is 1.84. The van der Waals surface area contributed by atoms with Crippen molar-refractivity contribution in [2.45, 2.75) is 27.2 Å². The average molecular weight is 275 g/mol. The maximum atomic E-state index is 9.28. The molecule has 0 radical (unpaired) electrons. The van der Waals surface area contributed by atoms with E-state index in [1.807, 2.05) is 24.5 Å². The van der Waals surface area contributed by atoms with Gasteiger partial charge in [0.15, 0.2) is 0 Å². The molecule has 0 saturated heterocycles. The van der Waals surface area contributed by atoms with E-state index >= 15 is 0 Å². The Balaban J connectivity index is 3.01. The number of rotatable bonds is 6. The summed E-state index contributed by atoms with van der Waals surface area (Å²) in [5, 5.41) is 18.2. The monoisotopic (exact) mass is 275 g/mol. The summed E-state index contributed by atoms with van der Waals surface area (Å²) in [6, 6.07) is 0. The molecular weight excluding hydrogens is 253 g/mol. The highest BCUT2D eigenvalue weighted by Crippen LogP contribution is 2.17. The molecule has 1 aromatic rings. The second-order valence-electron chi connectivity index (χ2n) is 4.87. The van der Waals surface area contributed by atoms with E-state index < -0.39 is 7.05 Å². The van der Waals surface area contributed by atoms with Gasteiger partial charge in [-0.15, -0.1) is 0 Å². The van der Waals surface area contributed by atoms with Crippen LogP contribution in [0.5, 0.6) is 0 Å². The predicted molar refractivity (Wildman–Crippen MR) is 83.6 cm³/mol. The Bertz CT molecular complexity index is 545. The molecule has 108 valence electrons. The predicted octanol–water partition coefficient (Wildman–Crippen LogP) is 1.37. The number of aliphatic hydroxyl groups excluding tert-OH is 1. The van der Waals surface area contributed by atoms with Crippen LogP contribution in [0.25, 0.3) is 11.8 Å². The third kappa shape index (κ3) is 4.20. The fourth-order valence-electron chi connectivity index (χ4n) is 1.75. The van der Waals surface area contributed by atoms with Crippen molar-refractivity contribution in [1.82, 2.24) is 9.55 Å². The van der Waals surface area contributed by atoms with Crippen molar-refractivity contribution in [3.8, 4) is 0 Å². The first-order chi connectivity index (χ1) is 9.36. The molecule has 1 heterocycles. The van der Waals surface area contributed by atoms with Crippen molar-refractivity contribution in [1.29, 1.82) is 0 Å². The maximum Gasteiger partial charge on any atom is 0.405 e. The number of nitrogens with zero attached hydrogens (tertiary/aromatic N) is 2. The lowest BCUT2D eigenvalue weighted by molar-refractivity contribution is 0.299. The van der Waals surface area contributed by atoms with Crippen molar-refractivity contribution in [3.63, 3.8) is 0 Å². The van der Waals surface area contributed by atoms with E-state index in [0.717, 1.165) is 17.0 Å². The van der Waals surface area contributed by atoms with E-state index in [9.17, 15) is 5.02 Å². The van der Waals surface area contributed by atoms with E-state index in [1.54, 1.807) is 19.3 Å². The van der Waals surface area contributed by atoms with E-state index in [0.29, 0.717) is 17.6 Å². The number of nitrogens with two attached hydrogens (primary N) is 1. The molecule has 20 heavy (non-hydrogen) atoms. The minimum absolute atomic E-state index is 0.130. The highest BCUT2D eigenvalue weighted by atomic mass is 16.3. The van der Waals surface area contributed by atoms with Gasteiger partial charge < -0.3 is 20.3 Å². The van der Waals surface area contributed by atoms with Gasteiger partial charge in [-0.25, -0.2) is 4.98 Å². The van der Waals surface area contributed by atoms with Crippen molar-refractivity contribution >= 4 is 18.8 Å². The van der Waals surface area contributed by atoms with Crippen LogP contribution in [0.2, 0.25) is 0 Å². The van der Waals surface area contributed by atoms with Crippen LogP contribution in [0.1, 0.15) is 31.7 Å². The zero-order chi connectivity index (χ0) is 15.3. The summed E-state index contributed by atoms with van der Waals surface area (Å²) in [7, 11) is -0.984. The summed E-state index contributed by atoms with van der Waals surface area (Å²) in [6.45, 7) is 9.73. The molecular formula is C14H22BN3O2. The molecule has 0 aromatic carbocycles. The van der Waals surface area contributed by atoms with Crippen LogP contribution in [-0.4, -0.2) is 33.3 Å². The van der Waals surface area contributed by atoms with Crippen LogP contribution in [0, 0.1) is 6.92 Å². The Hall–Kier alpha value is -1.63. The molecule has 4 N–H and O–H groups in total. The first kappa shape index (κ1) is 16.4. The Kier molecular flexibility index (Phi) is 5.94. The number of hydrogen-bond acceptors (Lipinski definition) is 4. The molecule has 1 aromatic heterocycles. The van der Waals surface area contributed by atoms with E-state index in [-0.39, 0.29) is 6.61 Å². The van der Waals surface area contributed by atoms with E-state index in [4.69, 9.17) is 10.8 Å². The fraction of sp³-hybridized carbons (Fsp3) is 0.357. The van der Waals surface area contributed by atoms with Crippen LogP contribution in [0.3, 0.4) is 0 Å². The summed E-state index contributed by atoms with van der Waals surface area (Å²) in [5.74, 6) is 0. The molecule has 0 spiro atoms. The molecule has 1 rings (SSSR count). The van der Waals surface area contributed by atoms with Crippen molar-refractivity contribution in [3.05, 3.63) is 41.4 Å². The van der Waals surface area contributed by atoms with Gasteiger partial charge in [-0.1, -0.05) is 17.6 Å². The van der Waals surface area contributed by atoms with E-state index in [1.165, 1.54) is 0 Å². The summed E-state index contributed by atoms with van der Waals surface area (Å²) in [4.78, 5) is 4.33. The standard InChI is InChI=1S/C14H22BN3O2/c1-10(5-6-19)7-14-13(4)18(9-17-14)12(3)8-11(2)15(16)20/h7-9,19-20H,3,5-6,16H2,1-2,4H3. The SMILES string of the molecule is C=C(C=C(C)B(N)O)n1cnc(C=C(C)CCO)c1C. The van der Waals surface area contributed by atoms with Crippen molar-refractivity contribution < 1.29 is 10.1 Å². The van der Waals surface area contributed by atoms with Crippen molar-refractivity contribution in [2.24, 2.45) is 5.64 Å². The number of imidazole rings is 1. The second kappa shape index (κ2) is 7.24. The van der Waals surface area contributed by atoms with Gasteiger partial charge in [0.2, 0.25) is 0 Å². The number of hydrogen-bond donors (Lipinski definition) is 3. The summed E-state index contributed by atoms with van der Waals surface area (Å²) >= 11 is 0. The van der Waals surface area contributed by atoms with Crippen molar-refractivity contribution in [2.75, 3.05) is 6.61 Å². The highest BCUT2D eigenvalue weighted by molar-refractivity contribution is 6.55. The number of aromatic nitrogens is 2. The molecule has 0 aliphatic rings. The topological polar surface area (TPSA) is 84.3 Å². The van der Waals surface area contributed by atoms with Gasteiger partial charge in [0.25, 0.3) is 0 Å². The molecule has 0 unspecified atom stereocenters. The zero-order valence-electron chi connectivity index (χ0n) is 12.3. The molecule has 0 bridgehead atoms. The molecule has 0 aliphatic carbocycles. The zero-order valence-corrected chi connectivity index (χ0v) is 12.3. The molecule has 6 heteroatoms. The van der Waals surface area contributed by atoms with Crippen LogP contribution < -0.4 is 5.64 Å². The Morgan fingerprint density at radius 1 is 1.55 bits per heavy atom. The lowest BCUT2D eigenvalue weighted by Gasteiger charge is -2.07. The second-order valence-corrected chi connectivity index (χ2v) is 4.87. The van der Waals surface area contributed by atoms with Gasteiger partial charge in [0.05, 0.1) is 5.69 Å². The minimum Gasteiger partial charge on any atom is -0.434 e. The summed E-state index contributed by atoms with van der Waals surface area (Å²) in [5.41, 5.74) is 9.58. The van der Waals surface area contributed by atoms with Gasteiger partial charge in [0.1, 0.15) is 6.33 Å². The molecule has 0 saturated carbocycles. The largest absolute Gasteiger partial charge is 0.434 e. The Morgan fingerprint density at radius 3 is 2.75 bits per heavy atom. The van der Waals surface area contributed by atoms with Gasteiger partial charge in [-0.2, -0.15) is 0 Å². The Morgan fingerprint density at radius 2 is 2.20 bits per heavy atom. The van der Waals surface area contributed by atoms with Gasteiger partial charge in [-0.3, -0.25) is 0 Å². The summed E-state index contributed by atoms with van der Waals surface area (Å²) in [6.07, 6.45) is 5.99. The molecule has 0 aliphatic heterocycles. The van der Waals surface area contributed by atoms with E-state index in [2.05, 4.69) is 11.6 Å². The lowest BCUT2D eigenvalue weighted by atomic mass is 9.76. The van der Waals surface area contributed by atoms with Crippen LogP contribution in [-0.2, 0) is 0 Å². The maximum absolute atomic E-state index is 9.28. The van der Waals surface area contributed by atoms with Crippen LogP contribution in [0.15, 0.2) is 30.0 Å². The van der Waals surface area contributed by atoms with Gasteiger partial charge in [0, 0.05) is 18.0 Å². The smallest absolute Gasteiger partial charge is 0.405 e. The average Bonchev–Trinajstić information content (AvgIpc) is 2.71. The fourth-order valence-corrected chi connectivity index (χ4v) is 1.75. The Labute approximate surface area is 120 Å². The van der Waals surface area contributed by atoms with Crippen LogP contribution in [0.4, 0.5) is 0 Å². The number of allylic oxidation sites excluding steroid dienone is 3. The highest BCUT2D eigenvalue weighted by Gasteiger charge is 2.10. The first-order valence-corrected chi connectivity index (χ1v) is 6.50. The molecule has 5 nitrogen and oxygen atoms in total. The van der Waals surface area contributed by atoms with Crippen LogP contribution >= 0.6 is 0 Å². The third-order valence-corrected chi connectivity index (χ3v) is 3.10. The quantitative estimate of drug-likeness (QED) is 0.541. The normalized spacial score (nSPS) is 12.7. The first-order valence-electron chi connectivity index (χ1n) is 6.50. The van der Waals surface area contributed by atoms with Gasteiger partial charge >= 0.3 is 7.05 Å². The molecule has 0 amide bonds.